The third kappa shape index (κ3) is 2.28. The van der Waals surface area contributed by atoms with Gasteiger partial charge in [0.05, 0.1) is 13.2 Å². The lowest BCUT2D eigenvalue weighted by Crippen LogP contribution is -2.47. The van der Waals surface area contributed by atoms with Crippen LogP contribution in [-0.4, -0.2) is 30.6 Å². The highest BCUT2D eigenvalue weighted by atomic mass is 35.5. The lowest BCUT2D eigenvalue weighted by atomic mass is 10.2. The molecular formula is C11H13ClN2O2. The number of aliphatic hydroxyl groups excluding tert-OH is 1. The van der Waals surface area contributed by atoms with E-state index in [1.165, 1.54) is 0 Å². The first kappa shape index (κ1) is 11.2. The van der Waals surface area contributed by atoms with E-state index in [0.717, 1.165) is 12.2 Å². The van der Waals surface area contributed by atoms with E-state index < -0.39 is 0 Å². The van der Waals surface area contributed by atoms with Crippen LogP contribution in [0.25, 0.3) is 0 Å². The lowest BCUT2D eigenvalue weighted by molar-refractivity contribution is -0.120. The van der Waals surface area contributed by atoms with Crippen molar-refractivity contribution in [3.8, 4) is 0 Å². The number of halogens is 1. The highest BCUT2D eigenvalue weighted by Gasteiger charge is 2.16. The Morgan fingerprint density at radius 2 is 2.31 bits per heavy atom. The molecule has 86 valence electrons. The smallest absolute Gasteiger partial charge is 0.239 e. The molecule has 1 aromatic carbocycles. The molecule has 0 saturated carbocycles. The standard InChI is InChI=1S/C11H13ClN2O2/c12-10-5-9(2-1-8(10)7-15)14-4-3-13-11(16)6-14/h1-2,5,15H,3-4,6-7H2,(H,13,16). The predicted octanol–water partition coefficient (Wildman–Crippen LogP) is 0.768. The first-order valence-corrected chi connectivity index (χ1v) is 5.49. The second kappa shape index (κ2) is 4.72. The number of anilines is 1. The summed E-state index contributed by atoms with van der Waals surface area (Å²) in [6.07, 6.45) is 0. The van der Waals surface area contributed by atoms with Gasteiger partial charge >= 0.3 is 0 Å². The fourth-order valence-electron chi connectivity index (χ4n) is 1.72. The molecule has 0 atom stereocenters. The second-order valence-electron chi connectivity index (χ2n) is 3.71. The van der Waals surface area contributed by atoms with Crippen LogP contribution in [0.1, 0.15) is 5.56 Å². The van der Waals surface area contributed by atoms with Gasteiger partial charge in [0.2, 0.25) is 5.91 Å². The summed E-state index contributed by atoms with van der Waals surface area (Å²) in [7, 11) is 0. The van der Waals surface area contributed by atoms with Crippen LogP contribution in [0.5, 0.6) is 0 Å². The van der Waals surface area contributed by atoms with Crippen LogP contribution >= 0.6 is 11.6 Å². The quantitative estimate of drug-likeness (QED) is 0.803. The maximum absolute atomic E-state index is 11.2. The van der Waals surface area contributed by atoms with Crippen molar-refractivity contribution in [2.24, 2.45) is 0 Å². The van der Waals surface area contributed by atoms with Gasteiger partial charge < -0.3 is 15.3 Å². The summed E-state index contributed by atoms with van der Waals surface area (Å²) >= 11 is 6.00. The molecule has 2 rings (SSSR count). The van der Waals surface area contributed by atoms with Crippen LogP contribution in [-0.2, 0) is 11.4 Å². The van der Waals surface area contributed by atoms with Gasteiger partial charge in [-0.1, -0.05) is 17.7 Å². The number of benzene rings is 1. The summed E-state index contributed by atoms with van der Waals surface area (Å²) in [6, 6.07) is 5.44. The largest absolute Gasteiger partial charge is 0.392 e. The second-order valence-corrected chi connectivity index (χ2v) is 4.11. The van der Waals surface area contributed by atoms with E-state index in [0.29, 0.717) is 23.7 Å². The zero-order valence-electron chi connectivity index (χ0n) is 8.74. The Morgan fingerprint density at radius 3 is 2.94 bits per heavy atom. The molecule has 0 bridgehead atoms. The molecule has 0 spiro atoms. The molecule has 1 aliphatic rings. The van der Waals surface area contributed by atoms with Crippen molar-refractivity contribution in [3.63, 3.8) is 0 Å². The lowest BCUT2D eigenvalue weighted by Gasteiger charge is -2.28. The van der Waals surface area contributed by atoms with Crippen LogP contribution < -0.4 is 10.2 Å². The van der Waals surface area contributed by atoms with E-state index in [-0.39, 0.29) is 12.5 Å². The van der Waals surface area contributed by atoms with Crippen molar-refractivity contribution in [2.75, 3.05) is 24.5 Å². The molecule has 0 unspecified atom stereocenters. The number of nitrogens with one attached hydrogen (secondary N) is 1. The van der Waals surface area contributed by atoms with Crippen molar-refractivity contribution >= 4 is 23.2 Å². The third-order valence-electron chi connectivity index (χ3n) is 2.61. The summed E-state index contributed by atoms with van der Waals surface area (Å²) in [6.45, 7) is 1.72. The van der Waals surface area contributed by atoms with Gasteiger partial charge in [-0.05, 0) is 17.7 Å². The summed E-state index contributed by atoms with van der Waals surface area (Å²) < 4.78 is 0. The monoisotopic (exact) mass is 240 g/mol. The van der Waals surface area contributed by atoms with Gasteiger partial charge in [0.1, 0.15) is 0 Å². The Morgan fingerprint density at radius 1 is 1.50 bits per heavy atom. The molecule has 5 heteroatoms. The van der Waals surface area contributed by atoms with E-state index in [4.69, 9.17) is 16.7 Å². The maximum Gasteiger partial charge on any atom is 0.239 e. The molecule has 0 aromatic heterocycles. The van der Waals surface area contributed by atoms with E-state index in [2.05, 4.69) is 5.32 Å². The van der Waals surface area contributed by atoms with Gasteiger partial charge in [0.25, 0.3) is 0 Å². The van der Waals surface area contributed by atoms with E-state index >= 15 is 0 Å². The average molecular weight is 241 g/mol. The van der Waals surface area contributed by atoms with E-state index in [1.807, 2.05) is 11.0 Å². The zero-order chi connectivity index (χ0) is 11.5. The van der Waals surface area contributed by atoms with Crippen molar-refractivity contribution < 1.29 is 9.90 Å². The number of hydrogen-bond donors (Lipinski definition) is 2. The first-order valence-electron chi connectivity index (χ1n) is 5.11. The van der Waals surface area contributed by atoms with Gasteiger partial charge in [-0.3, -0.25) is 4.79 Å². The van der Waals surface area contributed by atoms with Gasteiger partial charge in [0, 0.05) is 23.8 Å². The summed E-state index contributed by atoms with van der Waals surface area (Å²) in [5, 5.41) is 12.3. The topological polar surface area (TPSA) is 52.6 Å². The number of nitrogens with zero attached hydrogens (tertiary/aromatic N) is 1. The van der Waals surface area contributed by atoms with Crippen molar-refractivity contribution in [2.45, 2.75) is 6.61 Å². The number of aliphatic hydroxyl groups is 1. The molecule has 1 fully saturated rings. The Balaban J connectivity index is 2.20. The summed E-state index contributed by atoms with van der Waals surface area (Å²) in [5.41, 5.74) is 1.61. The number of carbonyl (C=O) groups excluding carboxylic acids is 1. The van der Waals surface area contributed by atoms with Gasteiger partial charge in [-0.25, -0.2) is 0 Å². The van der Waals surface area contributed by atoms with Crippen LogP contribution in [0, 0.1) is 0 Å². The SMILES string of the molecule is O=C1CN(c2ccc(CO)c(Cl)c2)CCN1. The zero-order valence-corrected chi connectivity index (χ0v) is 9.50. The Labute approximate surface area is 98.8 Å². The van der Waals surface area contributed by atoms with Gasteiger partial charge in [0.15, 0.2) is 0 Å². The highest BCUT2D eigenvalue weighted by Crippen LogP contribution is 2.24. The third-order valence-corrected chi connectivity index (χ3v) is 2.96. The van der Waals surface area contributed by atoms with Gasteiger partial charge in [-0.2, -0.15) is 0 Å². The fourth-order valence-corrected chi connectivity index (χ4v) is 1.95. The molecule has 0 aliphatic carbocycles. The molecule has 2 N–H and O–H groups in total. The number of hydrogen-bond acceptors (Lipinski definition) is 3. The minimum Gasteiger partial charge on any atom is -0.392 e. The van der Waals surface area contributed by atoms with E-state index in [1.54, 1.807) is 12.1 Å². The molecule has 1 aliphatic heterocycles. The molecule has 1 heterocycles. The molecule has 0 radical (unpaired) electrons. The number of rotatable bonds is 2. The summed E-state index contributed by atoms with van der Waals surface area (Å²) in [4.78, 5) is 13.2. The van der Waals surface area contributed by atoms with Crippen molar-refractivity contribution in [3.05, 3.63) is 28.8 Å². The molecule has 1 aromatic rings. The highest BCUT2D eigenvalue weighted by molar-refractivity contribution is 6.31. The predicted molar refractivity (Wildman–Crippen MR) is 62.6 cm³/mol. The average Bonchev–Trinajstić information content (AvgIpc) is 2.29. The Hall–Kier alpha value is -1.26. The fraction of sp³-hybridized carbons (Fsp3) is 0.364. The molecular weight excluding hydrogens is 228 g/mol. The number of carbonyl (C=O) groups is 1. The number of piperazine rings is 1. The van der Waals surface area contributed by atoms with Crippen LogP contribution in [0.2, 0.25) is 5.02 Å². The minimum atomic E-state index is -0.0698. The van der Waals surface area contributed by atoms with Gasteiger partial charge in [-0.15, -0.1) is 0 Å². The van der Waals surface area contributed by atoms with Crippen molar-refractivity contribution in [1.29, 1.82) is 0 Å². The normalized spacial score (nSPS) is 16.1. The minimum absolute atomic E-state index is 0.0219. The maximum atomic E-state index is 11.2. The number of amides is 1. The van der Waals surface area contributed by atoms with Crippen molar-refractivity contribution in [1.82, 2.24) is 5.32 Å². The molecule has 4 nitrogen and oxygen atoms in total. The molecule has 1 amide bonds. The van der Waals surface area contributed by atoms with Crippen LogP contribution in [0.15, 0.2) is 18.2 Å². The first-order chi connectivity index (χ1) is 7.70. The Bertz CT molecular complexity index is 409. The molecule has 1 saturated heterocycles. The Kier molecular flexibility index (Phi) is 3.31. The van der Waals surface area contributed by atoms with Crippen LogP contribution in [0.3, 0.4) is 0 Å². The van der Waals surface area contributed by atoms with E-state index in [9.17, 15) is 4.79 Å². The van der Waals surface area contributed by atoms with Crippen LogP contribution in [0.4, 0.5) is 5.69 Å². The molecule has 16 heavy (non-hydrogen) atoms. The summed E-state index contributed by atoms with van der Waals surface area (Å²) in [5.74, 6) is 0.0219.